The lowest BCUT2D eigenvalue weighted by Gasteiger charge is -1.90. The second-order valence-corrected chi connectivity index (χ2v) is 3.04. The fourth-order valence-corrected chi connectivity index (χ4v) is 1.19. The molecule has 0 radical (unpaired) electrons. The summed E-state index contributed by atoms with van der Waals surface area (Å²) in [4.78, 5) is 3.97. The van der Waals surface area contributed by atoms with Crippen molar-refractivity contribution < 1.29 is 4.52 Å². The van der Waals surface area contributed by atoms with Gasteiger partial charge in [-0.15, -0.1) is 0 Å². The van der Waals surface area contributed by atoms with E-state index >= 15 is 0 Å². The highest BCUT2D eigenvalue weighted by molar-refractivity contribution is 9.10. The summed E-state index contributed by atoms with van der Waals surface area (Å²) < 4.78 is 5.48. The molecule has 0 saturated heterocycles. The smallest absolute Gasteiger partial charge is 0.202 e. The van der Waals surface area contributed by atoms with E-state index in [-0.39, 0.29) is 0 Å². The molecule has 0 saturated carbocycles. The lowest BCUT2D eigenvalue weighted by Crippen LogP contribution is -1.76. The zero-order valence-corrected chi connectivity index (χ0v) is 7.65. The molecule has 0 aliphatic rings. The van der Waals surface area contributed by atoms with E-state index in [1.807, 2.05) is 12.1 Å². The molecule has 2 rings (SSSR count). The largest absolute Gasteiger partial charge is 0.349 e. The molecule has 0 aliphatic heterocycles. The monoisotopic (exact) mass is 224 g/mol. The molecule has 3 nitrogen and oxygen atoms in total. The Hall–Kier alpha value is -1.16. The van der Waals surface area contributed by atoms with Gasteiger partial charge < -0.3 is 4.52 Å². The molecule has 0 aromatic carbocycles. The minimum Gasteiger partial charge on any atom is -0.349 e. The molecule has 0 amide bonds. The van der Waals surface area contributed by atoms with Crippen LogP contribution in [0.2, 0.25) is 0 Å². The van der Waals surface area contributed by atoms with Gasteiger partial charge in [-0.1, -0.05) is 5.16 Å². The molecule has 0 fully saturated rings. The Balaban J connectivity index is 2.45. The first-order valence-corrected chi connectivity index (χ1v) is 4.18. The molecule has 60 valence electrons. The van der Waals surface area contributed by atoms with Gasteiger partial charge in [0.15, 0.2) is 0 Å². The minimum atomic E-state index is 0.626. The maximum Gasteiger partial charge on any atom is 0.202 e. The molecule has 0 unspecified atom stereocenters. The Kier molecular flexibility index (Phi) is 1.91. The Morgan fingerprint density at radius 2 is 2.33 bits per heavy atom. The Morgan fingerprint density at radius 1 is 1.42 bits per heavy atom. The van der Waals surface area contributed by atoms with E-state index in [9.17, 15) is 0 Å². The lowest BCUT2D eigenvalue weighted by atomic mass is 10.2. The van der Waals surface area contributed by atoms with Crippen molar-refractivity contribution in [2.45, 2.75) is 0 Å². The van der Waals surface area contributed by atoms with Gasteiger partial charge in [0.1, 0.15) is 5.69 Å². The van der Waals surface area contributed by atoms with Crippen molar-refractivity contribution in [1.29, 1.82) is 0 Å². The van der Waals surface area contributed by atoms with Gasteiger partial charge in [-0.05, 0) is 28.1 Å². The number of rotatable bonds is 1. The molecule has 2 aromatic rings. The summed E-state index contributed by atoms with van der Waals surface area (Å²) in [6.07, 6.45) is 3.46. The predicted octanol–water partition coefficient (Wildman–Crippen LogP) is 2.50. The number of halogens is 1. The molecule has 2 heterocycles. The summed E-state index contributed by atoms with van der Waals surface area (Å²) >= 11 is 3.18. The molecular weight excluding hydrogens is 220 g/mol. The van der Waals surface area contributed by atoms with Crippen LogP contribution in [0, 0.1) is 0 Å². The van der Waals surface area contributed by atoms with Crippen molar-refractivity contribution in [2.75, 3.05) is 0 Å². The third-order valence-electron chi connectivity index (χ3n) is 1.44. The van der Waals surface area contributed by atoms with Crippen LogP contribution < -0.4 is 0 Å². The SMILES string of the molecule is Brc1cc(-c2cccnc2)no1. The fourth-order valence-electron chi connectivity index (χ4n) is 0.903. The van der Waals surface area contributed by atoms with Crippen molar-refractivity contribution in [1.82, 2.24) is 10.1 Å². The van der Waals surface area contributed by atoms with Crippen LogP contribution in [-0.2, 0) is 0 Å². The molecule has 0 N–H and O–H groups in total. The van der Waals surface area contributed by atoms with E-state index in [2.05, 4.69) is 26.1 Å². The zero-order valence-electron chi connectivity index (χ0n) is 6.07. The number of hydrogen-bond donors (Lipinski definition) is 0. The maximum absolute atomic E-state index is 4.86. The summed E-state index contributed by atoms with van der Waals surface area (Å²) in [5.74, 6) is 0. The summed E-state index contributed by atoms with van der Waals surface area (Å²) in [7, 11) is 0. The highest BCUT2D eigenvalue weighted by Crippen LogP contribution is 2.20. The van der Waals surface area contributed by atoms with Crippen LogP contribution in [0.25, 0.3) is 11.3 Å². The van der Waals surface area contributed by atoms with Gasteiger partial charge in [-0.3, -0.25) is 4.98 Å². The van der Waals surface area contributed by atoms with Crippen LogP contribution in [0.3, 0.4) is 0 Å². The molecule has 0 bridgehead atoms. The zero-order chi connectivity index (χ0) is 8.39. The van der Waals surface area contributed by atoms with E-state index in [0.29, 0.717) is 4.67 Å². The van der Waals surface area contributed by atoms with Crippen LogP contribution in [0.1, 0.15) is 0 Å². The fraction of sp³-hybridized carbons (Fsp3) is 0. The highest BCUT2D eigenvalue weighted by atomic mass is 79.9. The second-order valence-electron chi connectivity index (χ2n) is 2.26. The number of aromatic nitrogens is 2. The third-order valence-corrected chi connectivity index (χ3v) is 1.81. The summed E-state index contributed by atoms with van der Waals surface area (Å²) in [6.45, 7) is 0. The van der Waals surface area contributed by atoms with E-state index in [1.54, 1.807) is 18.5 Å². The highest BCUT2D eigenvalue weighted by Gasteiger charge is 2.02. The molecule has 2 aromatic heterocycles. The lowest BCUT2D eigenvalue weighted by molar-refractivity contribution is 0.402. The van der Waals surface area contributed by atoms with Crippen molar-refractivity contribution in [3.63, 3.8) is 0 Å². The molecule has 0 spiro atoms. The molecule has 0 atom stereocenters. The molecular formula is C8H5BrN2O. The Bertz CT molecular complexity index is 372. The van der Waals surface area contributed by atoms with E-state index in [4.69, 9.17) is 4.52 Å². The van der Waals surface area contributed by atoms with Gasteiger partial charge in [0.05, 0.1) is 0 Å². The van der Waals surface area contributed by atoms with Gasteiger partial charge in [-0.25, -0.2) is 0 Å². The van der Waals surface area contributed by atoms with Gasteiger partial charge in [0.2, 0.25) is 4.67 Å². The first-order valence-electron chi connectivity index (χ1n) is 3.39. The number of nitrogens with zero attached hydrogens (tertiary/aromatic N) is 2. The van der Waals surface area contributed by atoms with Gasteiger partial charge in [0, 0.05) is 24.0 Å². The summed E-state index contributed by atoms with van der Waals surface area (Å²) in [5, 5.41) is 3.82. The normalized spacial score (nSPS) is 10.1. The van der Waals surface area contributed by atoms with Crippen LogP contribution in [-0.4, -0.2) is 10.1 Å². The average Bonchev–Trinajstić information content (AvgIpc) is 2.54. The first-order chi connectivity index (χ1) is 5.86. The minimum absolute atomic E-state index is 0.626. The van der Waals surface area contributed by atoms with Crippen molar-refractivity contribution in [3.05, 3.63) is 35.3 Å². The predicted molar refractivity (Wildman–Crippen MR) is 47.4 cm³/mol. The first kappa shape index (κ1) is 7.49. The van der Waals surface area contributed by atoms with Crippen LogP contribution in [0.4, 0.5) is 0 Å². The van der Waals surface area contributed by atoms with Crippen molar-refractivity contribution in [3.8, 4) is 11.3 Å². The van der Waals surface area contributed by atoms with Crippen molar-refractivity contribution in [2.24, 2.45) is 0 Å². The standard InChI is InChI=1S/C8H5BrN2O/c9-8-4-7(11-12-8)6-2-1-3-10-5-6/h1-5H. The molecule has 12 heavy (non-hydrogen) atoms. The topological polar surface area (TPSA) is 38.9 Å². The third kappa shape index (κ3) is 1.38. The van der Waals surface area contributed by atoms with Crippen molar-refractivity contribution >= 4 is 15.9 Å². The number of hydrogen-bond acceptors (Lipinski definition) is 3. The van der Waals surface area contributed by atoms with Gasteiger partial charge in [0.25, 0.3) is 0 Å². The summed E-state index contributed by atoms with van der Waals surface area (Å²) in [6, 6.07) is 5.59. The van der Waals surface area contributed by atoms with E-state index in [1.165, 1.54) is 0 Å². The van der Waals surface area contributed by atoms with Gasteiger partial charge >= 0.3 is 0 Å². The van der Waals surface area contributed by atoms with Crippen LogP contribution in [0.15, 0.2) is 39.8 Å². The van der Waals surface area contributed by atoms with Crippen LogP contribution >= 0.6 is 15.9 Å². The second kappa shape index (κ2) is 3.06. The quantitative estimate of drug-likeness (QED) is 0.748. The average molecular weight is 225 g/mol. The van der Waals surface area contributed by atoms with E-state index in [0.717, 1.165) is 11.3 Å². The van der Waals surface area contributed by atoms with Crippen LogP contribution in [0.5, 0.6) is 0 Å². The van der Waals surface area contributed by atoms with E-state index < -0.39 is 0 Å². The summed E-state index contributed by atoms with van der Waals surface area (Å²) in [5.41, 5.74) is 1.74. The van der Waals surface area contributed by atoms with Gasteiger partial charge in [-0.2, -0.15) is 0 Å². The maximum atomic E-state index is 4.86. The molecule has 4 heteroatoms. The Morgan fingerprint density at radius 3 is 2.92 bits per heavy atom. The molecule has 0 aliphatic carbocycles. The Labute approximate surface area is 77.5 Å². The number of pyridine rings is 1.